The first-order chi connectivity index (χ1) is 10.7. The number of hydrogen-bond acceptors (Lipinski definition) is 4. The molecule has 1 aliphatic heterocycles. The van der Waals surface area contributed by atoms with Crippen molar-refractivity contribution in [2.45, 2.75) is 31.7 Å². The number of hydrogen-bond donors (Lipinski definition) is 2. The summed E-state index contributed by atoms with van der Waals surface area (Å²) in [7, 11) is 0. The highest BCUT2D eigenvalue weighted by molar-refractivity contribution is 5.74. The number of piperidine rings is 1. The van der Waals surface area contributed by atoms with Gasteiger partial charge in [-0.05, 0) is 37.6 Å². The van der Waals surface area contributed by atoms with E-state index in [2.05, 4.69) is 32.2 Å². The Hall–Kier alpha value is -2.21. The van der Waals surface area contributed by atoms with Gasteiger partial charge in [0.25, 0.3) is 0 Å². The van der Waals surface area contributed by atoms with Crippen molar-refractivity contribution in [2.75, 3.05) is 13.1 Å². The van der Waals surface area contributed by atoms with E-state index in [4.69, 9.17) is 5.73 Å². The Morgan fingerprint density at radius 3 is 2.82 bits per heavy atom. The minimum absolute atomic E-state index is 0.0423. The van der Waals surface area contributed by atoms with Crippen molar-refractivity contribution in [1.82, 2.24) is 20.1 Å². The molecule has 3 rings (SSSR count). The van der Waals surface area contributed by atoms with Crippen LogP contribution in [0.1, 0.15) is 37.3 Å². The zero-order chi connectivity index (χ0) is 15.4. The van der Waals surface area contributed by atoms with Gasteiger partial charge in [0.1, 0.15) is 6.33 Å². The number of benzene rings is 1. The van der Waals surface area contributed by atoms with Crippen molar-refractivity contribution < 1.29 is 4.79 Å². The summed E-state index contributed by atoms with van der Waals surface area (Å²) in [6.45, 7) is 2.04. The molecule has 22 heavy (non-hydrogen) atoms. The lowest BCUT2D eigenvalue weighted by Gasteiger charge is -2.34. The predicted octanol–water partition coefficient (Wildman–Crippen LogP) is 1.87. The van der Waals surface area contributed by atoms with E-state index < -0.39 is 0 Å². The van der Waals surface area contributed by atoms with Gasteiger partial charge in [-0.1, -0.05) is 24.6 Å². The van der Waals surface area contributed by atoms with Gasteiger partial charge in [0.15, 0.2) is 5.82 Å². The number of nitrogens with one attached hydrogen (secondary N) is 1. The molecule has 2 aromatic rings. The maximum atomic E-state index is 11.5. The molecule has 6 heteroatoms. The maximum absolute atomic E-state index is 11.5. The van der Waals surface area contributed by atoms with E-state index in [-0.39, 0.29) is 11.9 Å². The summed E-state index contributed by atoms with van der Waals surface area (Å²) in [5, 5.41) is 6.76. The molecule has 0 radical (unpaired) electrons. The van der Waals surface area contributed by atoms with E-state index in [1.165, 1.54) is 25.6 Å². The lowest BCUT2D eigenvalue weighted by Crippen LogP contribution is -2.36. The van der Waals surface area contributed by atoms with Crippen LogP contribution in [0.4, 0.5) is 0 Å². The average Bonchev–Trinajstić information content (AvgIpc) is 3.08. The summed E-state index contributed by atoms with van der Waals surface area (Å²) in [6.07, 6.45) is 5.46. The minimum atomic E-state index is -0.263. The molecule has 0 bridgehead atoms. The first-order valence-corrected chi connectivity index (χ1v) is 7.72. The first kappa shape index (κ1) is 14.7. The van der Waals surface area contributed by atoms with Crippen LogP contribution in [0.3, 0.4) is 0 Å². The van der Waals surface area contributed by atoms with E-state index in [0.717, 1.165) is 30.0 Å². The minimum Gasteiger partial charge on any atom is -0.370 e. The molecule has 3 N–H and O–H groups in total. The molecule has 6 nitrogen and oxygen atoms in total. The number of aromatic nitrogens is 3. The Morgan fingerprint density at radius 1 is 1.32 bits per heavy atom. The second-order valence-electron chi connectivity index (χ2n) is 5.74. The molecule has 1 saturated heterocycles. The number of nitrogens with two attached hydrogens (primary N) is 1. The molecule has 1 aromatic heterocycles. The first-order valence-electron chi connectivity index (χ1n) is 7.72. The Labute approximate surface area is 129 Å². The molecule has 0 spiro atoms. The van der Waals surface area contributed by atoms with Crippen molar-refractivity contribution in [2.24, 2.45) is 5.73 Å². The Bertz CT molecular complexity index is 619. The molecule has 0 aliphatic carbocycles. The molecule has 1 atom stereocenters. The van der Waals surface area contributed by atoms with E-state index >= 15 is 0 Å². The smallest absolute Gasteiger partial charge is 0.219 e. The molecule has 1 fully saturated rings. The summed E-state index contributed by atoms with van der Waals surface area (Å²) in [6, 6.07) is 8.15. The Balaban J connectivity index is 1.89. The number of primary amides is 1. The van der Waals surface area contributed by atoms with Gasteiger partial charge in [-0.2, -0.15) is 5.10 Å². The van der Waals surface area contributed by atoms with Crippen LogP contribution in [-0.2, 0) is 4.79 Å². The summed E-state index contributed by atoms with van der Waals surface area (Å²) in [5.41, 5.74) is 7.56. The van der Waals surface area contributed by atoms with Crippen LogP contribution in [-0.4, -0.2) is 39.1 Å². The lowest BCUT2D eigenvalue weighted by molar-refractivity contribution is -0.119. The van der Waals surface area contributed by atoms with Crippen LogP contribution >= 0.6 is 0 Å². The predicted molar refractivity (Wildman–Crippen MR) is 83.8 cm³/mol. The average molecular weight is 299 g/mol. The van der Waals surface area contributed by atoms with E-state index in [1.807, 2.05) is 12.1 Å². The van der Waals surface area contributed by atoms with Crippen LogP contribution in [0.15, 0.2) is 30.6 Å². The summed E-state index contributed by atoms with van der Waals surface area (Å²) < 4.78 is 0. The van der Waals surface area contributed by atoms with Crippen LogP contribution in [0, 0.1) is 0 Å². The van der Waals surface area contributed by atoms with Gasteiger partial charge in [0.2, 0.25) is 5.91 Å². The third-order valence-electron chi connectivity index (χ3n) is 4.19. The van der Waals surface area contributed by atoms with E-state index in [0.29, 0.717) is 6.42 Å². The fraction of sp³-hybridized carbons (Fsp3) is 0.438. The van der Waals surface area contributed by atoms with Crippen LogP contribution in [0.2, 0.25) is 0 Å². The number of nitrogens with zero attached hydrogens (tertiary/aromatic N) is 3. The standard InChI is InChI=1S/C16H21N5O/c17-15(22)10-14(21-7-2-1-3-8-21)12-5-4-6-13(9-12)16-18-11-19-20-16/h4-6,9,11,14H,1-3,7-8,10H2,(H2,17,22)(H,18,19,20). The third-order valence-corrected chi connectivity index (χ3v) is 4.19. The molecule has 1 amide bonds. The second-order valence-corrected chi connectivity index (χ2v) is 5.74. The zero-order valence-electron chi connectivity index (χ0n) is 12.5. The van der Waals surface area contributed by atoms with Gasteiger partial charge < -0.3 is 5.73 Å². The van der Waals surface area contributed by atoms with E-state index in [1.54, 1.807) is 0 Å². The molecule has 0 saturated carbocycles. The quantitative estimate of drug-likeness (QED) is 0.882. The lowest BCUT2D eigenvalue weighted by atomic mass is 9.97. The van der Waals surface area contributed by atoms with Gasteiger partial charge in [-0.25, -0.2) is 4.98 Å². The number of amides is 1. The van der Waals surface area contributed by atoms with Gasteiger partial charge in [-0.15, -0.1) is 0 Å². The molecule has 2 heterocycles. The number of carbonyl (C=O) groups excluding carboxylic acids is 1. The molecule has 116 valence electrons. The zero-order valence-corrected chi connectivity index (χ0v) is 12.5. The second kappa shape index (κ2) is 6.70. The number of likely N-dealkylation sites (tertiary alicyclic amines) is 1. The van der Waals surface area contributed by atoms with Gasteiger partial charge in [0, 0.05) is 18.0 Å². The molecule has 1 unspecified atom stereocenters. The maximum Gasteiger partial charge on any atom is 0.219 e. The largest absolute Gasteiger partial charge is 0.370 e. The van der Waals surface area contributed by atoms with Crippen LogP contribution < -0.4 is 5.73 Å². The van der Waals surface area contributed by atoms with Crippen molar-refractivity contribution in [3.8, 4) is 11.4 Å². The van der Waals surface area contributed by atoms with Crippen LogP contribution in [0.5, 0.6) is 0 Å². The van der Waals surface area contributed by atoms with E-state index in [9.17, 15) is 4.79 Å². The van der Waals surface area contributed by atoms with Crippen LogP contribution in [0.25, 0.3) is 11.4 Å². The molecule has 1 aliphatic rings. The van der Waals surface area contributed by atoms with Crippen molar-refractivity contribution in [1.29, 1.82) is 0 Å². The fourth-order valence-corrected chi connectivity index (χ4v) is 3.12. The summed E-state index contributed by atoms with van der Waals surface area (Å²) >= 11 is 0. The molecular weight excluding hydrogens is 278 g/mol. The molecule has 1 aromatic carbocycles. The monoisotopic (exact) mass is 299 g/mol. The van der Waals surface area contributed by atoms with Gasteiger partial charge in [0.05, 0.1) is 0 Å². The summed E-state index contributed by atoms with van der Waals surface area (Å²) in [4.78, 5) is 18.1. The van der Waals surface area contributed by atoms with Crippen molar-refractivity contribution in [3.63, 3.8) is 0 Å². The Morgan fingerprint density at radius 2 is 2.14 bits per heavy atom. The Kier molecular flexibility index (Phi) is 4.48. The number of carbonyl (C=O) groups is 1. The topological polar surface area (TPSA) is 87.9 Å². The highest BCUT2D eigenvalue weighted by atomic mass is 16.1. The SMILES string of the molecule is NC(=O)CC(c1cccc(-c2ncn[nH]2)c1)N1CCCCC1. The summed E-state index contributed by atoms with van der Waals surface area (Å²) in [5.74, 6) is 0.471. The highest BCUT2D eigenvalue weighted by Gasteiger charge is 2.24. The fourth-order valence-electron chi connectivity index (χ4n) is 3.12. The highest BCUT2D eigenvalue weighted by Crippen LogP contribution is 2.29. The number of rotatable bonds is 5. The molecular formula is C16H21N5O. The van der Waals surface area contributed by atoms with Gasteiger partial charge >= 0.3 is 0 Å². The normalized spacial score (nSPS) is 17.3. The van der Waals surface area contributed by atoms with Crippen molar-refractivity contribution in [3.05, 3.63) is 36.2 Å². The van der Waals surface area contributed by atoms with Crippen molar-refractivity contribution >= 4 is 5.91 Å². The number of H-pyrrole nitrogens is 1. The number of aromatic amines is 1. The third kappa shape index (κ3) is 3.33. The van der Waals surface area contributed by atoms with Gasteiger partial charge in [-0.3, -0.25) is 14.8 Å².